The molecule has 15 heavy (non-hydrogen) atoms. The molecule has 2 N–H and O–H groups in total. The van der Waals surface area contributed by atoms with Gasteiger partial charge in [-0.1, -0.05) is 0 Å². The molecule has 1 amide bonds. The van der Waals surface area contributed by atoms with Crippen LogP contribution in [0.5, 0.6) is 0 Å². The lowest BCUT2D eigenvalue weighted by atomic mass is 10.00. The number of hydrogen-bond acceptors (Lipinski definition) is 3. The molecule has 0 aromatic carbocycles. The summed E-state index contributed by atoms with van der Waals surface area (Å²) < 4.78 is 5.40. The molecule has 84 valence electrons. The van der Waals surface area contributed by atoms with Crippen LogP contribution >= 0.6 is 0 Å². The van der Waals surface area contributed by atoms with Crippen molar-refractivity contribution in [3.8, 4) is 0 Å². The zero-order valence-electron chi connectivity index (χ0n) is 8.87. The molecule has 2 aliphatic heterocycles. The zero-order valence-corrected chi connectivity index (χ0v) is 8.87. The summed E-state index contributed by atoms with van der Waals surface area (Å²) in [5, 5.41) is 6.54. The minimum absolute atomic E-state index is 0.233. The van der Waals surface area contributed by atoms with E-state index in [2.05, 4.69) is 10.6 Å². The van der Waals surface area contributed by atoms with Crippen LogP contribution in [0, 0.1) is 11.8 Å². The Kier molecular flexibility index (Phi) is 2.41. The lowest BCUT2D eigenvalue weighted by molar-refractivity contribution is -0.122. The Morgan fingerprint density at radius 2 is 2.27 bits per heavy atom. The number of carbonyl (C=O) groups is 1. The molecular formula is C11H18N2O2. The smallest absolute Gasteiger partial charge is 0.220 e. The van der Waals surface area contributed by atoms with Crippen molar-refractivity contribution in [2.75, 3.05) is 19.8 Å². The SMILES string of the molecule is O=C(CC1CC1)N[C@@H]1CN[C@@H]2COC[C@@H]21. The van der Waals surface area contributed by atoms with E-state index >= 15 is 0 Å². The number of carbonyl (C=O) groups excluding carboxylic acids is 1. The van der Waals surface area contributed by atoms with Crippen LogP contribution in [0.25, 0.3) is 0 Å². The number of hydrogen-bond donors (Lipinski definition) is 2. The lowest BCUT2D eigenvalue weighted by Crippen LogP contribution is -2.41. The molecule has 0 unspecified atom stereocenters. The number of nitrogens with one attached hydrogen (secondary N) is 2. The van der Waals surface area contributed by atoms with Crippen LogP contribution in [0.1, 0.15) is 19.3 Å². The van der Waals surface area contributed by atoms with Crippen molar-refractivity contribution in [3.63, 3.8) is 0 Å². The first kappa shape index (κ1) is 9.60. The topological polar surface area (TPSA) is 50.4 Å². The maximum atomic E-state index is 11.7. The third-order valence-electron chi connectivity index (χ3n) is 3.76. The maximum Gasteiger partial charge on any atom is 0.220 e. The van der Waals surface area contributed by atoms with Crippen LogP contribution in [0.2, 0.25) is 0 Å². The van der Waals surface area contributed by atoms with E-state index in [4.69, 9.17) is 4.74 Å². The Bertz CT molecular complexity index is 265. The second kappa shape index (κ2) is 3.76. The van der Waals surface area contributed by atoms with Crippen molar-refractivity contribution in [3.05, 3.63) is 0 Å². The van der Waals surface area contributed by atoms with Crippen LogP contribution in [0.4, 0.5) is 0 Å². The van der Waals surface area contributed by atoms with Gasteiger partial charge >= 0.3 is 0 Å². The van der Waals surface area contributed by atoms with Gasteiger partial charge in [0, 0.05) is 31.0 Å². The van der Waals surface area contributed by atoms with E-state index in [0.29, 0.717) is 23.9 Å². The van der Waals surface area contributed by atoms with Gasteiger partial charge in [0.15, 0.2) is 0 Å². The van der Waals surface area contributed by atoms with Crippen LogP contribution in [-0.4, -0.2) is 37.7 Å². The fourth-order valence-electron chi connectivity index (χ4n) is 2.62. The fraction of sp³-hybridized carbons (Fsp3) is 0.909. The van der Waals surface area contributed by atoms with Crippen molar-refractivity contribution >= 4 is 5.91 Å². The van der Waals surface area contributed by atoms with Crippen molar-refractivity contribution in [1.29, 1.82) is 0 Å². The van der Waals surface area contributed by atoms with Crippen LogP contribution in [-0.2, 0) is 9.53 Å². The van der Waals surface area contributed by atoms with Crippen molar-refractivity contribution < 1.29 is 9.53 Å². The minimum atomic E-state index is 0.233. The molecule has 0 radical (unpaired) electrons. The van der Waals surface area contributed by atoms with Gasteiger partial charge in [-0.15, -0.1) is 0 Å². The van der Waals surface area contributed by atoms with Gasteiger partial charge < -0.3 is 15.4 Å². The Morgan fingerprint density at radius 1 is 1.40 bits per heavy atom. The highest BCUT2D eigenvalue weighted by atomic mass is 16.5. The molecule has 0 spiro atoms. The van der Waals surface area contributed by atoms with Gasteiger partial charge in [0.05, 0.1) is 13.2 Å². The van der Waals surface area contributed by atoms with Crippen LogP contribution in [0.15, 0.2) is 0 Å². The molecule has 3 rings (SSSR count). The average Bonchev–Trinajstić information content (AvgIpc) is 2.78. The summed E-state index contributed by atoms with van der Waals surface area (Å²) in [5.74, 6) is 1.40. The molecule has 4 heteroatoms. The van der Waals surface area contributed by atoms with Gasteiger partial charge in [0.2, 0.25) is 5.91 Å². The van der Waals surface area contributed by atoms with Gasteiger partial charge in [-0.05, 0) is 18.8 Å². The number of fused-ring (bicyclic) bond motifs is 1. The fourth-order valence-corrected chi connectivity index (χ4v) is 2.62. The normalized spacial score (nSPS) is 39.1. The highest BCUT2D eigenvalue weighted by Crippen LogP contribution is 2.32. The molecular weight excluding hydrogens is 192 g/mol. The zero-order chi connectivity index (χ0) is 10.3. The summed E-state index contributed by atoms with van der Waals surface area (Å²) >= 11 is 0. The van der Waals surface area contributed by atoms with Gasteiger partial charge in [0.25, 0.3) is 0 Å². The molecule has 3 fully saturated rings. The number of ether oxygens (including phenoxy) is 1. The van der Waals surface area contributed by atoms with Crippen LogP contribution < -0.4 is 10.6 Å². The summed E-state index contributed by atoms with van der Waals surface area (Å²) in [6, 6.07) is 0.764. The third kappa shape index (κ3) is 2.01. The summed E-state index contributed by atoms with van der Waals surface area (Å²) in [4.78, 5) is 11.7. The molecule has 2 saturated heterocycles. The molecule has 0 bridgehead atoms. The van der Waals surface area contributed by atoms with E-state index in [1.165, 1.54) is 12.8 Å². The Hall–Kier alpha value is -0.610. The van der Waals surface area contributed by atoms with Gasteiger partial charge in [-0.2, -0.15) is 0 Å². The molecule has 1 aliphatic carbocycles. The van der Waals surface area contributed by atoms with E-state index in [1.807, 2.05) is 0 Å². The minimum Gasteiger partial charge on any atom is -0.379 e. The van der Waals surface area contributed by atoms with E-state index in [-0.39, 0.29) is 5.91 Å². The number of amides is 1. The average molecular weight is 210 g/mol. The molecule has 0 aromatic rings. The lowest BCUT2D eigenvalue weighted by Gasteiger charge is -2.17. The molecule has 3 atom stereocenters. The summed E-state index contributed by atoms with van der Waals surface area (Å²) in [5.41, 5.74) is 0. The maximum absolute atomic E-state index is 11.7. The highest BCUT2D eigenvalue weighted by Gasteiger charge is 2.40. The first-order chi connectivity index (χ1) is 7.33. The van der Waals surface area contributed by atoms with E-state index in [0.717, 1.165) is 26.2 Å². The Balaban J connectivity index is 1.51. The predicted molar refractivity (Wildman–Crippen MR) is 55.4 cm³/mol. The summed E-state index contributed by atoms with van der Waals surface area (Å²) in [6.45, 7) is 2.51. The second-order valence-electron chi connectivity index (χ2n) is 5.04. The first-order valence-corrected chi connectivity index (χ1v) is 5.93. The van der Waals surface area contributed by atoms with Crippen molar-refractivity contribution in [1.82, 2.24) is 10.6 Å². The summed E-state index contributed by atoms with van der Waals surface area (Å²) in [6.07, 6.45) is 3.21. The predicted octanol–water partition coefficient (Wildman–Crippen LogP) is -0.110. The van der Waals surface area contributed by atoms with Gasteiger partial charge in [-0.25, -0.2) is 0 Å². The Morgan fingerprint density at radius 3 is 3.07 bits per heavy atom. The first-order valence-electron chi connectivity index (χ1n) is 5.93. The third-order valence-corrected chi connectivity index (χ3v) is 3.76. The monoisotopic (exact) mass is 210 g/mol. The molecule has 3 aliphatic rings. The quantitative estimate of drug-likeness (QED) is 0.683. The highest BCUT2D eigenvalue weighted by molar-refractivity contribution is 5.76. The molecule has 1 saturated carbocycles. The molecule has 4 nitrogen and oxygen atoms in total. The van der Waals surface area contributed by atoms with Gasteiger partial charge in [0.1, 0.15) is 0 Å². The van der Waals surface area contributed by atoms with E-state index < -0.39 is 0 Å². The van der Waals surface area contributed by atoms with Crippen molar-refractivity contribution in [2.45, 2.75) is 31.3 Å². The second-order valence-corrected chi connectivity index (χ2v) is 5.04. The molecule has 0 aromatic heterocycles. The van der Waals surface area contributed by atoms with Gasteiger partial charge in [-0.3, -0.25) is 4.79 Å². The Labute approximate surface area is 89.7 Å². The van der Waals surface area contributed by atoms with Crippen LogP contribution in [0.3, 0.4) is 0 Å². The summed E-state index contributed by atoms with van der Waals surface area (Å²) in [7, 11) is 0. The molecule has 2 heterocycles. The van der Waals surface area contributed by atoms with E-state index in [9.17, 15) is 4.79 Å². The largest absolute Gasteiger partial charge is 0.379 e. The standard InChI is InChI=1S/C11H18N2O2/c14-11(3-7-1-2-7)13-9-4-12-10-6-15-5-8(9)10/h7-10,12H,1-6H2,(H,13,14)/t8-,9-,10-/m1/s1. The van der Waals surface area contributed by atoms with Crippen molar-refractivity contribution in [2.24, 2.45) is 11.8 Å². The van der Waals surface area contributed by atoms with E-state index in [1.54, 1.807) is 0 Å². The number of rotatable bonds is 3.